The summed E-state index contributed by atoms with van der Waals surface area (Å²) in [5.74, 6) is 0.0154. The fourth-order valence-corrected chi connectivity index (χ4v) is 5.46. The lowest BCUT2D eigenvalue weighted by atomic mass is 9.97. The Labute approximate surface area is 203 Å². The zero-order valence-electron chi connectivity index (χ0n) is 20.6. The van der Waals surface area contributed by atoms with Gasteiger partial charge in [-0.25, -0.2) is 8.42 Å². The zero-order valence-corrected chi connectivity index (χ0v) is 21.4. The summed E-state index contributed by atoms with van der Waals surface area (Å²) in [5.41, 5.74) is 4.31. The van der Waals surface area contributed by atoms with Crippen LogP contribution in [0, 0.1) is 26.7 Å². The molecule has 0 fully saturated rings. The monoisotopic (exact) mass is 478 g/mol. The number of carbonyl (C=O) groups excluding carboxylic acids is 1. The van der Waals surface area contributed by atoms with Gasteiger partial charge in [0.15, 0.2) is 0 Å². The Bertz CT molecular complexity index is 1200. The van der Waals surface area contributed by atoms with E-state index in [0.717, 1.165) is 28.7 Å². The molecule has 3 aromatic carbocycles. The highest BCUT2D eigenvalue weighted by molar-refractivity contribution is 7.92. The molecule has 34 heavy (non-hydrogen) atoms. The van der Waals surface area contributed by atoms with Gasteiger partial charge in [0.1, 0.15) is 6.54 Å². The summed E-state index contributed by atoms with van der Waals surface area (Å²) in [6.07, 6.45) is 0.754. The highest BCUT2D eigenvalue weighted by Crippen LogP contribution is 2.27. The number of hydrogen-bond acceptors (Lipinski definition) is 3. The second kappa shape index (κ2) is 10.9. The zero-order chi connectivity index (χ0) is 24.9. The van der Waals surface area contributed by atoms with Gasteiger partial charge in [-0.05, 0) is 74.1 Å². The van der Waals surface area contributed by atoms with Crippen LogP contribution in [-0.4, -0.2) is 20.9 Å². The predicted octanol–water partition coefficient (Wildman–Crippen LogP) is 5.71. The molecule has 0 saturated heterocycles. The Morgan fingerprint density at radius 2 is 1.44 bits per heavy atom. The Kier molecular flexibility index (Phi) is 8.15. The van der Waals surface area contributed by atoms with Gasteiger partial charge in [-0.3, -0.25) is 9.10 Å². The number of hydrogen-bond donors (Lipinski definition) is 1. The molecule has 0 bridgehead atoms. The lowest BCUT2D eigenvalue weighted by Crippen LogP contribution is -2.42. The van der Waals surface area contributed by atoms with E-state index in [1.807, 2.05) is 57.2 Å². The number of rotatable bonds is 9. The van der Waals surface area contributed by atoms with E-state index in [0.29, 0.717) is 11.6 Å². The number of anilines is 1. The van der Waals surface area contributed by atoms with Crippen molar-refractivity contribution in [3.63, 3.8) is 0 Å². The summed E-state index contributed by atoms with van der Waals surface area (Å²) in [6, 6.07) is 21.9. The SMILES string of the molecule is Cc1ccc(S(=O)(=O)N(CC(=O)N[C@H](CC(C)C)c2ccccc2)c2cc(C)cc(C)c2)cc1. The molecular weight excluding hydrogens is 444 g/mol. The summed E-state index contributed by atoms with van der Waals surface area (Å²) in [6.45, 7) is 9.64. The number of amides is 1. The quantitative estimate of drug-likeness (QED) is 0.428. The molecule has 0 aliphatic rings. The first kappa shape index (κ1) is 25.5. The molecule has 0 radical (unpaired) electrons. The second-order valence-electron chi connectivity index (χ2n) is 9.33. The van der Waals surface area contributed by atoms with Crippen LogP contribution < -0.4 is 9.62 Å². The first-order chi connectivity index (χ1) is 16.1. The molecule has 1 N–H and O–H groups in total. The van der Waals surface area contributed by atoms with Crippen molar-refractivity contribution in [2.75, 3.05) is 10.8 Å². The van der Waals surface area contributed by atoms with Crippen LogP contribution in [0.5, 0.6) is 0 Å². The predicted molar refractivity (Wildman–Crippen MR) is 138 cm³/mol. The van der Waals surface area contributed by atoms with E-state index in [-0.39, 0.29) is 23.4 Å². The first-order valence-corrected chi connectivity index (χ1v) is 13.0. The van der Waals surface area contributed by atoms with E-state index < -0.39 is 10.0 Å². The summed E-state index contributed by atoms with van der Waals surface area (Å²) >= 11 is 0. The lowest BCUT2D eigenvalue weighted by molar-refractivity contribution is -0.120. The molecule has 0 saturated carbocycles. The van der Waals surface area contributed by atoms with E-state index in [1.165, 1.54) is 4.31 Å². The Balaban J connectivity index is 1.96. The molecule has 1 atom stereocenters. The van der Waals surface area contributed by atoms with Gasteiger partial charge in [0, 0.05) is 0 Å². The maximum atomic E-state index is 13.7. The van der Waals surface area contributed by atoms with Gasteiger partial charge in [0.05, 0.1) is 16.6 Å². The number of nitrogens with zero attached hydrogens (tertiary/aromatic N) is 1. The minimum atomic E-state index is -3.95. The third-order valence-electron chi connectivity index (χ3n) is 5.63. The molecule has 0 aromatic heterocycles. The second-order valence-corrected chi connectivity index (χ2v) is 11.2. The molecule has 0 heterocycles. The lowest BCUT2D eigenvalue weighted by Gasteiger charge is -2.27. The van der Waals surface area contributed by atoms with Crippen LogP contribution in [-0.2, 0) is 14.8 Å². The molecule has 3 rings (SSSR count). The molecule has 6 heteroatoms. The van der Waals surface area contributed by atoms with Crippen LogP contribution in [0.2, 0.25) is 0 Å². The van der Waals surface area contributed by atoms with Crippen molar-refractivity contribution < 1.29 is 13.2 Å². The molecular formula is C28H34N2O3S. The van der Waals surface area contributed by atoms with E-state index in [2.05, 4.69) is 19.2 Å². The number of sulfonamides is 1. The van der Waals surface area contributed by atoms with Gasteiger partial charge in [-0.2, -0.15) is 0 Å². The van der Waals surface area contributed by atoms with Crippen LogP contribution in [0.3, 0.4) is 0 Å². The van der Waals surface area contributed by atoms with Crippen molar-refractivity contribution in [1.82, 2.24) is 5.32 Å². The number of nitrogens with one attached hydrogen (secondary N) is 1. The van der Waals surface area contributed by atoms with Gasteiger partial charge in [0.2, 0.25) is 5.91 Å². The Morgan fingerprint density at radius 1 is 0.853 bits per heavy atom. The van der Waals surface area contributed by atoms with Crippen molar-refractivity contribution in [2.45, 2.75) is 52.0 Å². The van der Waals surface area contributed by atoms with Gasteiger partial charge in [-0.15, -0.1) is 0 Å². The maximum absolute atomic E-state index is 13.7. The average Bonchev–Trinajstić information content (AvgIpc) is 2.77. The van der Waals surface area contributed by atoms with Crippen molar-refractivity contribution in [3.05, 3.63) is 95.1 Å². The molecule has 0 spiro atoms. The normalized spacial score (nSPS) is 12.4. The average molecular weight is 479 g/mol. The molecule has 3 aromatic rings. The van der Waals surface area contributed by atoms with Crippen molar-refractivity contribution in [1.29, 1.82) is 0 Å². The summed E-state index contributed by atoms with van der Waals surface area (Å²) in [7, 11) is -3.95. The smallest absolute Gasteiger partial charge is 0.264 e. The minimum Gasteiger partial charge on any atom is -0.348 e. The fourth-order valence-electron chi connectivity index (χ4n) is 4.05. The summed E-state index contributed by atoms with van der Waals surface area (Å²) in [4.78, 5) is 13.4. The van der Waals surface area contributed by atoms with Gasteiger partial charge in [-0.1, -0.05) is 67.9 Å². The number of benzene rings is 3. The highest BCUT2D eigenvalue weighted by Gasteiger charge is 2.28. The largest absolute Gasteiger partial charge is 0.348 e. The standard InChI is InChI=1S/C28H34N2O3S/c1-20(2)15-27(24-9-7-6-8-10-24)29-28(31)19-30(25-17-22(4)16-23(5)18-25)34(32,33)26-13-11-21(3)12-14-26/h6-14,16-18,20,27H,15,19H2,1-5H3,(H,29,31)/t27-/m1/s1. The van der Waals surface area contributed by atoms with E-state index in [4.69, 9.17) is 0 Å². The highest BCUT2D eigenvalue weighted by atomic mass is 32.2. The van der Waals surface area contributed by atoms with E-state index in [9.17, 15) is 13.2 Å². The maximum Gasteiger partial charge on any atom is 0.264 e. The van der Waals surface area contributed by atoms with Crippen LogP contribution in [0.4, 0.5) is 5.69 Å². The third-order valence-corrected chi connectivity index (χ3v) is 7.42. The van der Waals surface area contributed by atoms with Crippen LogP contribution in [0.15, 0.2) is 77.7 Å². The van der Waals surface area contributed by atoms with Gasteiger partial charge in [0.25, 0.3) is 10.0 Å². The van der Waals surface area contributed by atoms with E-state index in [1.54, 1.807) is 36.4 Å². The number of aryl methyl sites for hydroxylation is 3. The number of carbonyl (C=O) groups is 1. The summed E-state index contributed by atoms with van der Waals surface area (Å²) < 4.78 is 28.6. The topological polar surface area (TPSA) is 66.5 Å². The first-order valence-electron chi connectivity index (χ1n) is 11.6. The molecule has 0 aliphatic heterocycles. The van der Waals surface area contributed by atoms with E-state index >= 15 is 0 Å². The molecule has 0 aliphatic carbocycles. The minimum absolute atomic E-state index is 0.159. The van der Waals surface area contributed by atoms with Gasteiger partial charge >= 0.3 is 0 Å². The molecule has 1 amide bonds. The summed E-state index contributed by atoms with van der Waals surface area (Å²) in [5, 5.41) is 3.08. The van der Waals surface area contributed by atoms with Crippen molar-refractivity contribution >= 4 is 21.6 Å². The third kappa shape index (κ3) is 6.48. The Hall–Kier alpha value is -3.12. The fraction of sp³-hybridized carbons (Fsp3) is 0.321. The molecule has 0 unspecified atom stereocenters. The van der Waals surface area contributed by atoms with Crippen molar-refractivity contribution in [2.24, 2.45) is 5.92 Å². The van der Waals surface area contributed by atoms with Crippen molar-refractivity contribution in [3.8, 4) is 0 Å². The van der Waals surface area contributed by atoms with Crippen LogP contribution >= 0.6 is 0 Å². The molecule has 5 nitrogen and oxygen atoms in total. The van der Waals surface area contributed by atoms with Crippen LogP contribution in [0.1, 0.15) is 48.6 Å². The molecule has 180 valence electrons. The van der Waals surface area contributed by atoms with Gasteiger partial charge < -0.3 is 5.32 Å². The van der Waals surface area contributed by atoms with Crippen LogP contribution in [0.25, 0.3) is 0 Å². The Morgan fingerprint density at radius 3 is 2.00 bits per heavy atom.